The summed E-state index contributed by atoms with van der Waals surface area (Å²) in [7, 11) is 1.67. The summed E-state index contributed by atoms with van der Waals surface area (Å²) in [4.78, 5) is 23.4. The van der Waals surface area contributed by atoms with Gasteiger partial charge in [0.25, 0.3) is 5.91 Å². The number of carboxylic acids is 1. The number of ether oxygens (including phenoxy) is 1. The van der Waals surface area contributed by atoms with Crippen LogP contribution in [0.2, 0.25) is 0 Å². The van der Waals surface area contributed by atoms with Crippen LogP contribution in [0.5, 0.6) is 0 Å². The van der Waals surface area contributed by atoms with Crippen LogP contribution < -0.4 is 5.32 Å². The maximum Gasteiger partial charge on any atom is 0.339 e. The number of furan rings is 1. The maximum atomic E-state index is 12.3. The molecule has 0 aromatic carbocycles. The van der Waals surface area contributed by atoms with Crippen LogP contribution in [0.4, 0.5) is 0 Å². The first kappa shape index (κ1) is 16.5. The quantitative estimate of drug-likeness (QED) is 0.872. The van der Waals surface area contributed by atoms with E-state index in [4.69, 9.17) is 14.3 Å². The highest BCUT2D eigenvalue weighted by Crippen LogP contribution is 2.51. The monoisotopic (exact) mass is 309 g/mol. The van der Waals surface area contributed by atoms with Crippen molar-refractivity contribution in [3.8, 4) is 0 Å². The van der Waals surface area contributed by atoms with Crippen molar-refractivity contribution in [3.63, 3.8) is 0 Å². The molecule has 0 saturated heterocycles. The number of methoxy groups -OCH3 is 1. The lowest BCUT2D eigenvalue weighted by atomic mass is 9.56. The molecule has 0 aliphatic heterocycles. The van der Waals surface area contributed by atoms with Crippen LogP contribution in [-0.4, -0.2) is 35.7 Å². The zero-order valence-electron chi connectivity index (χ0n) is 13.6. The van der Waals surface area contributed by atoms with Gasteiger partial charge in [0.1, 0.15) is 11.3 Å². The third kappa shape index (κ3) is 2.41. The van der Waals surface area contributed by atoms with E-state index >= 15 is 0 Å². The van der Waals surface area contributed by atoms with E-state index in [1.807, 2.05) is 20.8 Å². The molecular weight excluding hydrogens is 286 g/mol. The molecule has 6 heteroatoms. The van der Waals surface area contributed by atoms with Gasteiger partial charge >= 0.3 is 5.97 Å². The van der Waals surface area contributed by atoms with E-state index < -0.39 is 11.9 Å². The molecule has 1 aliphatic carbocycles. The second-order valence-electron chi connectivity index (χ2n) is 6.49. The lowest BCUT2D eigenvalue weighted by Gasteiger charge is -2.59. The van der Waals surface area contributed by atoms with Crippen LogP contribution in [0.15, 0.2) is 10.5 Å². The molecule has 0 spiro atoms. The fraction of sp³-hybridized carbons (Fsp3) is 0.625. The Morgan fingerprint density at radius 3 is 2.50 bits per heavy atom. The number of amides is 1. The van der Waals surface area contributed by atoms with Gasteiger partial charge < -0.3 is 19.6 Å². The average molecular weight is 309 g/mol. The smallest absolute Gasteiger partial charge is 0.339 e. The van der Waals surface area contributed by atoms with Gasteiger partial charge in [-0.25, -0.2) is 4.79 Å². The molecule has 1 heterocycles. The summed E-state index contributed by atoms with van der Waals surface area (Å²) in [6.45, 7) is 7.87. The lowest BCUT2D eigenvalue weighted by molar-refractivity contribution is -0.177. The molecular formula is C16H23NO5. The van der Waals surface area contributed by atoms with Gasteiger partial charge in [0.05, 0.1) is 5.60 Å². The topological polar surface area (TPSA) is 88.8 Å². The van der Waals surface area contributed by atoms with E-state index in [1.165, 1.54) is 6.07 Å². The van der Waals surface area contributed by atoms with Crippen molar-refractivity contribution in [1.82, 2.24) is 5.32 Å². The Bertz CT molecular complexity index is 604. The molecule has 0 radical (unpaired) electrons. The fourth-order valence-corrected chi connectivity index (χ4v) is 2.94. The predicted octanol–water partition coefficient (Wildman–Crippen LogP) is 2.47. The van der Waals surface area contributed by atoms with Gasteiger partial charge in [0.2, 0.25) is 0 Å². The molecule has 0 bridgehead atoms. The molecule has 2 unspecified atom stereocenters. The lowest BCUT2D eigenvalue weighted by Crippen LogP contribution is -2.68. The number of hydrogen-bond donors (Lipinski definition) is 2. The number of hydrogen-bond acceptors (Lipinski definition) is 4. The molecule has 1 amide bonds. The molecule has 1 aromatic heterocycles. The molecule has 2 N–H and O–H groups in total. The van der Waals surface area contributed by atoms with Gasteiger partial charge in [0, 0.05) is 31.1 Å². The Morgan fingerprint density at radius 2 is 2.09 bits per heavy atom. The second kappa shape index (κ2) is 5.43. The number of nitrogens with one attached hydrogen (secondary N) is 1. The van der Waals surface area contributed by atoms with Crippen molar-refractivity contribution < 1.29 is 23.8 Å². The first-order chi connectivity index (χ1) is 10.2. The highest BCUT2D eigenvalue weighted by molar-refractivity contribution is 5.96. The molecule has 2 atom stereocenters. The van der Waals surface area contributed by atoms with Crippen molar-refractivity contribution >= 4 is 11.9 Å². The molecule has 122 valence electrons. The van der Waals surface area contributed by atoms with Crippen LogP contribution >= 0.6 is 0 Å². The van der Waals surface area contributed by atoms with E-state index in [9.17, 15) is 9.59 Å². The first-order valence-electron chi connectivity index (χ1n) is 7.38. The summed E-state index contributed by atoms with van der Waals surface area (Å²) in [5, 5.41) is 12.0. The van der Waals surface area contributed by atoms with Crippen LogP contribution in [-0.2, 0) is 11.2 Å². The van der Waals surface area contributed by atoms with Crippen LogP contribution in [0, 0.1) is 5.41 Å². The average Bonchev–Trinajstić information content (AvgIpc) is 2.90. The van der Waals surface area contributed by atoms with Crippen LogP contribution in [0.25, 0.3) is 0 Å². The Hall–Kier alpha value is -1.82. The van der Waals surface area contributed by atoms with Crippen molar-refractivity contribution in [2.45, 2.75) is 52.2 Å². The number of carbonyl (C=O) groups is 2. The van der Waals surface area contributed by atoms with E-state index in [2.05, 4.69) is 5.32 Å². The Balaban J connectivity index is 2.13. The Labute approximate surface area is 129 Å². The molecule has 1 aromatic rings. The van der Waals surface area contributed by atoms with E-state index in [0.29, 0.717) is 18.6 Å². The van der Waals surface area contributed by atoms with Gasteiger partial charge in [0.15, 0.2) is 5.76 Å². The maximum absolute atomic E-state index is 12.3. The molecule has 6 nitrogen and oxygen atoms in total. The summed E-state index contributed by atoms with van der Waals surface area (Å²) in [5.41, 5.74) is -0.454. The third-order valence-corrected chi connectivity index (χ3v) is 5.17. The summed E-state index contributed by atoms with van der Waals surface area (Å²) in [6.07, 6.45) is 1.13. The number of carbonyl (C=O) groups excluding carboxylic acids is 1. The van der Waals surface area contributed by atoms with Crippen molar-refractivity contribution in [3.05, 3.63) is 23.2 Å². The van der Waals surface area contributed by atoms with Gasteiger partial charge in [-0.3, -0.25) is 4.79 Å². The fourth-order valence-electron chi connectivity index (χ4n) is 2.94. The van der Waals surface area contributed by atoms with E-state index in [1.54, 1.807) is 14.0 Å². The molecule has 1 aliphatic rings. The standard InChI is InChI=1S/C16H23NO5/c1-6-10-9(14(19)20)7-11(22-10)13(18)17-12-8-16(4,21-5)15(12,2)3/h7,12H,6,8H2,1-5H3,(H,17,18)(H,19,20). The number of aryl methyl sites for hydroxylation is 1. The normalized spacial score (nSPS) is 26.3. The van der Waals surface area contributed by atoms with Crippen molar-refractivity contribution in [2.75, 3.05) is 7.11 Å². The Morgan fingerprint density at radius 1 is 1.45 bits per heavy atom. The van der Waals surface area contributed by atoms with Crippen LogP contribution in [0.3, 0.4) is 0 Å². The Kier molecular flexibility index (Phi) is 4.08. The molecule has 1 fully saturated rings. The summed E-state index contributed by atoms with van der Waals surface area (Å²) >= 11 is 0. The van der Waals surface area contributed by atoms with Gasteiger partial charge in [-0.05, 0) is 13.3 Å². The highest BCUT2D eigenvalue weighted by atomic mass is 16.5. The minimum absolute atomic E-state index is 0.0380. The van der Waals surface area contributed by atoms with Crippen molar-refractivity contribution in [2.24, 2.45) is 5.41 Å². The van der Waals surface area contributed by atoms with E-state index in [0.717, 1.165) is 0 Å². The zero-order valence-corrected chi connectivity index (χ0v) is 13.6. The molecule has 22 heavy (non-hydrogen) atoms. The highest BCUT2D eigenvalue weighted by Gasteiger charge is 2.58. The zero-order chi connectivity index (χ0) is 16.7. The first-order valence-corrected chi connectivity index (χ1v) is 7.38. The molecule has 2 rings (SSSR count). The third-order valence-electron chi connectivity index (χ3n) is 5.17. The van der Waals surface area contributed by atoms with Crippen molar-refractivity contribution in [1.29, 1.82) is 0 Å². The summed E-state index contributed by atoms with van der Waals surface area (Å²) < 4.78 is 10.9. The number of rotatable bonds is 5. The summed E-state index contributed by atoms with van der Waals surface area (Å²) in [6, 6.07) is 1.24. The van der Waals surface area contributed by atoms with Crippen LogP contribution in [0.1, 0.15) is 60.8 Å². The minimum atomic E-state index is -1.09. The molecule has 1 saturated carbocycles. The number of carboxylic acid groups (broad SMARTS) is 1. The van der Waals surface area contributed by atoms with Gasteiger partial charge in [-0.1, -0.05) is 20.8 Å². The minimum Gasteiger partial charge on any atom is -0.478 e. The summed E-state index contributed by atoms with van der Waals surface area (Å²) in [5.74, 6) is -1.13. The number of aromatic carboxylic acids is 1. The SMILES string of the molecule is CCc1oc(C(=O)NC2CC(C)(OC)C2(C)C)cc1C(=O)O. The second-order valence-corrected chi connectivity index (χ2v) is 6.49. The van der Waals surface area contributed by atoms with Gasteiger partial charge in [-0.2, -0.15) is 0 Å². The largest absolute Gasteiger partial charge is 0.478 e. The predicted molar refractivity (Wildman–Crippen MR) is 80.1 cm³/mol. The van der Waals surface area contributed by atoms with E-state index in [-0.39, 0.29) is 28.4 Å². The van der Waals surface area contributed by atoms with Gasteiger partial charge in [-0.15, -0.1) is 0 Å².